The summed E-state index contributed by atoms with van der Waals surface area (Å²) >= 11 is 5.58. The summed E-state index contributed by atoms with van der Waals surface area (Å²) in [6, 6.07) is 0. The molecular weight excluding hydrogens is 194 g/mol. The Hall–Kier alpha value is 0.779. The van der Waals surface area contributed by atoms with Crippen LogP contribution in [0.25, 0.3) is 0 Å². The van der Waals surface area contributed by atoms with E-state index in [0.29, 0.717) is 0 Å². The van der Waals surface area contributed by atoms with E-state index in [1.165, 1.54) is 0 Å². The topological polar surface area (TPSA) is 0 Å². The summed E-state index contributed by atoms with van der Waals surface area (Å²) in [7, 11) is 0. The third-order valence-electron chi connectivity index (χ3n) is 0.192. The van der Waals surface area contributed by atoms with Crippen LogP contribution in [-0.4, -0.2) is 32.0 Å². The SMILES string of the molecule is [Se]/C=C/C[Se]. The molecule has 0 nitrogen and oxygen atoms in total. The molecule has 0 aliphatic heterocycles. The molecule has 0 spiro atoms. The normalized spacial score (nSPS) is 9.80. The summed E-state index contributed by atoms with van der Waals surface area (Å²) < 4.78 is 0. The standard InChI is InChI=1S/C3H4Se2/c4-2-1-3-5/h1-2H,3H2/b2-1+. The molecule has 2 heteroatoms. The second-order valence-corrected chi connectivity index (χ2v) is 1.81. The Morgan fingerprint density at radius 3 is 2.20 bits per heavy atom. The zero-order valence-electron chi connectivity index (χ0n) is 2.68. The molecular formula is C3H4Se2. The van der Waals surface area contributed by atoms with Crippen LogP contribution in [0.5, 0.6) is 0 Å². The molecule has 0 fully saturated rings. The Morgan fingerprint density at radius 1 is 1.60 bits per heavy atom. The van der Waals surface area contributed by atoms with Crippen molar-refractivity contribution in [1.29, 1.82) is 0 Å². The van der Waals surface area contributed by atoms with E-state index in [2.05, 4.69) is 32.0 Å². The van der Waals surface area contributed by atoms with Crippen LogP contribution in [-0.2, 0) is 0 Å². The maximum atomic E-state index is 2.84. The van der Waals surface area contributed by atoms with E-state index in [-0.39, 0.29) is 0 Å². The molecule has 0 aromatic rings. The monoisotopic (exact) mass is 200 g/mol. The molecule has 0 saturated heterocycles. The fourth-order valence-electron chi connectivity index (χ4n) is 0.0393. The van der Waals surface area contributed by atoms with Crippen molar-refractivity contribution in [2.75, 3.05) is 0 Å². The van der Waals surface area contributed by atoms with E-state index in [9.17, 15) is 0 Å². The molecule has 0 atom stereocenters. The van der Waals surface area contributed by atoms with Gasteiger partial charge in [0.25, 0.3) is 0 Å². The van der Waals surface area contributed by atoms with Gasteiger partial charge in [0, 0.05) is 0 Å². The van der Waals surface area contributed by atoms with Crippen LogP contribution in [0.2, 0.25) is 5.32 Å². The first kappa shape index (κ1) is 5.78. The minimum absolute atomic E-state index is 1.01. The van der Waals surface area contributed by atoms with E-state index in [4.69, 9.17) is 0 Å². The molecule has 0 rings (SSSR count). The molecule has 0 saturated carbocycles. The van der Waals surface area contributed by atoms with Crippen molar-refractivity contribution in [3.8, 4) is 0 Å². The van der Waals surface area contributed by atoms with Crippen LogP contribution in [0.1, 0.15) is 0 Å². The van der Waals surface area contributed by atoms with Gasteiger partial charge in [0.1, 0.15) is 0 Å². The fraction of sp³-hybridized carbons (Fsp3) is 0.333. The molecule has 0 aliphatic rings. The van der Waals surface area contributed by atoms with Crippen molar-refractivity contribution < 1.29 is 0 Å². The van der Waals surface area contributed by atoms with Gasteiger partial charge >= 0.3 is 48.4 Å². The average molecular weight is 198 g/mol. The molecule has 2 radical (unpaired) electrons. The van der Waals surface area contributed by atoms with E-state index < -0.39 is 0 Å². The van der Waals surface area contributed by atoms with Gasteiger partial charge in [-0.3, -0.25) is 0 Å². The van der Waals surface area contributed by atoms with Gasteiger partial charge in [0.2, 0.25) is 0 Å². The predicted molar refractivity (Wildman–Crippen MR) is 25.5 cm³/mol. The van der Waals surface area contributed by atoms with Crippen molar-refractivity contribution in [2.24, 2.45) is 0 Å². The van der Waals surface area contributed by atoms with Gasteiger partial charge in [-0.25, -0.2) is 0 Å². The summed E-state index contributed by atoms with van der Waals surface area (Å²) in [5.41, 5.74) is 0. The van der Waals surface area contributed by atoms with Crippen LogP contribution in [0.15, 0.2) is 11.1 Å². The van der Waals surface area contributed by atoms with Gasteiger partial charge in [-0.2, -0.15) is 0 Å². The average Bonchev–Trinajstić information content (AvgIpc) is 1.41. The van der Waals surface area contributed by atoms with Gasteiger partial charge in [-0.1, -0.05) is 0 Å². The molecule has 0 heterocycles. The summed E-state index contributed by atoms with van der Waals surface area (Å²) in [6.07, 6.45) is 2.01. The predicted octanol–water partition coefficient (Wildman–Crippen LogP) is 0.255. The quantitative estimate of drug-likeness (QED) is 0.530. The first-order chi connectivity index (χ1) is 2.41. The second kappa shape index (κ2) is 4.78. The van der Waals surface area contributed by atoms with Gasteiger partial charge < -0.3 is 0 Å². The Bertz CT molecular complexity index is 31.9. The number of rotatable bonds is 1. The minimum atomic E-state index is 1.01. The molecule has 0 bridgehead atoms. The molecule has 0 amide bonds. The van der Waals surface area contributed by atoms with E-state index in [0.717, 1.165) is 5.32 Å². The number of allylic oxidation sites excluding steroid dienone is 1. The first-order valence-corrected chi connectivity index (χ1v) is 3.47. The second-order valence-electron chi connectivity index (χ2n) is 0.538. The van der Waals surface area contributed by atoms with Crippen LogP contribution in [0.3, 0.4) is 0 Å². The molecule has 0 aliphatic carbocycles. The van der Waals surface area contributed by atoms with Crippen molar-refractivity contribution >= 4 is 32.0 Å². The van der Waals surface area contributed by atoms with Crippen molar-refractivity contribution in [2.45, 2.75) is 5.32 Å². The summed E-state index contributed by atoms with van der Waals surface area (Å²) in [5.74, 6) is 0. The number of hydrogen-bond donors (Lipinski definition) is 0. The number of hydrogen-bond acceptors (Lipinski definition) is 0. The summed E-state index contributed by atoms with van der Waals surface area (Å²) in [4.78, 5) is 1.90. The van der Waals surface area contributed by atoms with E-state index in [1.54, 1.807) is 0 Å². The molecule has 5 heavy (non-hydrogen) atoms. The first-order valence-electron chi connectivity index (χ1n) is 1.27. The summed E-state index contributed by atoms with van der Waals surface area (Å²) in [6.45, 7) is 0. The Balaban J connectivity index is 2.62. The van der Waals surface area contributed by atoms with Crippen LogP contribution in [0.4, 0.5) is 0 Å². The maximum absolute atomic E-state index is 2.84. The third-order valence-corrected chi connectivity index (χ3v) is 1.00. The molecule has 0 aromatic carbocycles. The third kappa shape index (κ3) is 4.78. The fourth-order valence-corrected chi connectivity index (χ4v) is 1.06. The van der Waals surface area contributed by atoms with E-state index >= 15 is 0 Å². The van der Waals surface area contributed by atoms with E-state index in [1.807, 2.05) is 11.1 Å². The zero-order chi connectivity index (χ0) is 4.12. The zero-order valence-corrected chi connectivity index (χ0v) is 6.10. The Labute approximate surface area is 48.6 Å². The van der Waals surface area contributed by atoms with Crippen molar-refractivity contribution in [3.05, 3.63) is 11.1 Å². The summed E-state index contributed by atoms with van der Waals surface area (Å²) in [5, 5.41) is 1.01. The van der Waals surface area contributed by atoms with Crippen molar-refractivity contribution in [1.82, 2.24) is 0 Å². The van der Waals surface area contributed by atoms with Gasteiger partial charge in [-0.15, -0.1) is 0 Å². The molecule has 0 unspecified atom stereocenters. The van der Waals surface area contributed by atoms with Gasteiger partial charge in [0.05, 0.1) is 0 Å². The molecule has 0 aromatic heterocycles. The van der Waals surface area contributed by atoms with Gasteiger partial charge in [0.15, 0.2) is 0 Å². The van der Waals surface area contributed by atoms with Crippen LogP contribution in [0, 0.1) is 0 Å². The van der Waals surface area contributed by atoms with Crippen molar-refractivity contribution in [3.63, 3.8) is 0 Å². The Kier molecular flexibility index (Phi) is 5.52. The van der Waals surface area contributed by atoms with Crippen LogP contribution < -0.4 is 0 Å². The Morgan fingerprint density at radius 2 is 2.20 bits per heavy atom. The van der Waals surface area contributed by atoms with Crippen LogP contribution >= 0.6 is 0 Å². The molecule has 28 valence electrons. The molecule has 0 N–H and O–H groups in total. The van der Waals surface area contributed by atoms with Gasteiger partial charge in [-0.05, 0) is 0 Å².